The summed E-state index contributed by atoms with van der Waals surface area (Å²) in [6.07, 6.45) is 5.30. The molecule has 2 aromatic heterocycles. The van der Waals surface area contributed by atoms with Crippen LogP contribution >= 0.6 is 11.9 Å². The average molecular weight is 461 g/mol. The van der Waals surface area contributed by atoms with Crippen LogP contribution in [0.3, 0.4) is 0 Å². The van der Waals surface area contributed by atoms with Crippen molar-refractivity contribution in [3.05, 3.63) is 109 Å². The van der Waals surface area contributed by atoms with Crippen LogP contribution in [0.5, 0.6) is 0 Å². The molecule has 0 spiro atoms. The Morgan fingerprint density at radius 2 is 1.50 bits per heavy atom. The van der Waals surface area contributed by atoms with Crippen molar-refractivity contribution in [1.82, 2.24) is 9.97 Å². The van der Waals surface area contributed by atoms with Crippen LogP contribution in [0.2, 0.25) is 0 Å². The van der Waals surface area contributed by atoms with Gasteiger partial charge < -0.3 is 15.4 Å². The molecule has 0 bridgehead atoms. The molecule has 0 aliphatic carbocycles. The molecule has 0 fully saturated rings. The molecule has 0 aliphatic heterocycles. The molecule has 0 unspecified atom stereocenters. The maximum atomic E-state index is 9.22. The van der Waals surface area contributed by atoms with Crippen LogP contribution in [-0.4, -0.2) is 9.97 Å². The number of aromatic nitrogens is 2. The number of anilines is 5. The Balaban J connectivity index is 1.24. The predicted octanol–water partition coefficient (Wildman–Crippen LogP) is 7.11. The van der Waals surface area contributed by atoms with Gasteiger partial charge in [-0.3, -0.25) is 9.97 Å². The molecular weight excluding hydrogens is 440 g/mol. The van der Waals surface area contributed by atoms with Gasteiger partial charge in [0.15, 0.2) is 0 Å². The molecule has 0 saturated carbocycles. The lowest BCUT2D eigenvalue weighted by Gasteiger charge is -2.11. The monoisotopic (exact) mass is 460 g/mol. The number of nitrogens with zero attached hydrogens (tertiary/aromatic N) is 3. The maximum absolute atomic E-state index is 9.22. The summed E-state index contributed by atoms with van der Waals surface area (Å²) < 4.78 is 3.39. The molecule has 164 valence electrons. The summed E-state index contributed by atoms with van der Waals surface area (Å²) >= 11 is 1.55. The second-order valence-electron chi connectivity index (χ2n) is 7.50. The molecule has 2 heterocycles. The summed E-state index contributed by atoms with van der Waals surface area (Å²) in [5.41, 5.74) is 6.33. The Kier molecular flexibility index (Phi) is 6.23. The van der Waals surface area contributed by atoms with Crippen molar-refractivity contribution in [1.29, 1.82) is 5.26 Å². The minimum Gasteiger partial charge on any atom is -0.355 e. The second kappa shape index (κ2) is 9.94. The average Bonchev–Trinajstić information content (AvgIpc) is 2.89. The third kappa shape index (κ3) is 5.09. The molecular formula is C27H20N6S. The molecule has 6 nitrogen and oxygen atoms in total. The smallest absolute Gasteiger partial charge is 0.0991 e. The summed E-state index contributed by atoms with van der Waals surface area (Å²) in [7, 11) is 0. The molecule has 3 N–H and O–H groups in total. The van der Waals surface area contributed by atoms with Gasteiger partial charge in [-0.25, -0.2) is 0 Å². The van der Waals surface area contributed by atoms with Gasteiger partial charge in [0.2, 0.25) is 0 Å². The fourth-order valence-corrected chi connectivity index (χ4v) is 4.16. The van der Waals surface area contributed by atoms with Gasteiger partial charge in [-0.2, -0.15) is 5.26 Å². The van der Waals surface area contributed by atoms with Gasteiger partial charge in [0.25, 0.3) is 0 Å². The molecule has 7 heteroatoms. The van der Waals surface area contributed by atoms with E-state index >= 15 is 0 Å². The first-order chi connectivity index (χ1) is 16.8. The van der Waals surface area contributed by atoms with Gasteiger partial charge in [-0.15, -0.1) is 0 Å². The highest BCUT2D eigenvalue weighted by atomic mass is 32.2. The molecule has 5 aromatic rings. The minimum absolute atomic E-state index is 0.611. The largest absolute Gasteiger partial charge is 0.355 e. The van der Waals surface area contributed by atoms with E-state index in [1.54, 1.807) is 36.6 Å². The Hall–Kier alpha value is -4.54. The Labute approximate surface area is 201 Å². The van der Waals surface area contributed by atoms with Crippen LogP contribution in [0.25, 0.3) is 10.9 Å². The van der Waals surface area contributed by atoms with Crippen molar-refractivity contribution < 1.29 is 0 Å². The third-order valence-corrected chi connectivity index (χ3v) is 5.95. The van der Waals surface area contributed by atoms with E-state index in [2.05, 4.69) is 43.5 Å². The number of nitrogens with one attached hydrogen (secondary N) is 3. The fourth-order valence-electron chi connectivity index (χ4n) is 3.46. The third-order valence-electron chi connectivity index (χ3n) is 5.12. The first-order valence-corrected chi connectivity index (χ1v) is 11.4. The van der Waals surface area contributed by atoms with Crippen molar-refractivity contribution >= 4 is 51.3 Å². The highest BCUT2D eigenvalue weighted by Gasteiger charge is 2.05. The number of fused-ring (bicyclic) bond motifs is 1. The minimum atomic E-state index is 0.611. The van der Waals surface area contributed by atoms with Gasteiger partial charge in [-0.1, -0.05) is 6.07 Å². The van der Waals surface area contributed by atoms with E-state index in [9.17, 15) is 5.26 Å². The SMILES string of the molecule is N#Cc1ccc2nccc(Nc3ccc(NSc4cccc(Nc5ccncc5)c4)cc3)c2c1. The summed E-state index contributed by atoms with van der Waals surface area (Å²) in [5, 5.41) is 16.9. The van der Waals surface area contributed by atoms with E-state index in [4.69, 9.17) is 0 Å². The van der Waals surface area contributed by atoms with Crippen molar-refractivity contribution in [2.75, 3.05) is 15.4 Å². The van der Waals surface area contributed by atoms with Crippen molar-refractivity contribution in [3.8, 4) is 6.07 Å². The first-order valence-electron chi connectivity index (χ1n) is 10.6. The zero-order chi connectivity index (χ0) is 23.2. The summed E-state index contributed by atoms with van der Waals surface area (Å²) in [4.78, 5) is 9.53. The number of hydrogen-bond acceptors (Lipinski definition) is 7. The highest BCUT2D eigenvalue weighted by molar-refractivity contribution is 8.00. The second-order valence-corrected chi connectivity index (χ2v) is 8.38. The van der Waals surface area contributed by atoms with Gasteiger partial charge in [0, 0.05) is 57.3 Å². The quantitative estimate of drug-likeness (QED) is 0.223. The van der Waals surface area contributed by atoms with Gasteiger partial charge in [0.05, 0.1) is 17.1 Å². The molecule has 0 amide bonds. The zero-order valence-electron chi connectivity index (χ0n) is 18.1. The molecule has 34 heavy (non-hydrogen) atoms. The van der Waals surface area contributed by atoms with Crippen molar-refractivity contribution in [2.45, 2.75) is 4.90 Å². The maximum Gasteiger partial charge on any atom is 0.0991 e. The number of rotatable bonds is 7. The summed E-state index contributed by atoms with van der Waals surface area (Å²) in [5.74, 6) is 0. The first kappa shape index (κ1) is 21.3. The number of nitriles is 1. The van der Waals surface area contributed by atoms with Crippen molar-refractivity contribution in [2.24, 2.45) is 0 Å². The van der Waals surface area contributed by atoms with E-state index < -0.39 is 0 Å². The van der Waals surface area contributed by atoms with Crippen LogP contribution in [0.4, 0.5) is 28.4 Å². The lowest BCUT2D eigenvalue weighted by molar-refractivity contribution is 1.32. The van der Waals surface area contributed by atoms with Gasteiger partial charge >= 0.3 is 0 Å². The number of pyridine rings is 2. The number of hydrogen-bond donors (Lipinski definition) is 3. The van der Waals surface area contributed by atoms with Crippen LogP contribution in [0.1, 0.15) is 5.56 Å². The van der Waals surface area contributed by atoms with E-state index in [-0.39, 0.29) is 0 Å². The fraction of sp³-hybridized carbons (Fsp3) is 0. The Morgan fingerprint density at radius 1 is 0.706 bits per heavy atom. The molecule has 5 rings (SSSR count). The van der Waals surface area contributed by atoms with Crippen LogP contribution in [-0.2, 0) is 0 Å². The zero-order valence-corrected chi connectivity index (χ0v) is 18.9. The molecule has 0 radical (unpaired) electrons. The summed E-state index contributed by atoms with van der Waals surface area (Å²) in [6, 6.07) is 29.8. The van der Waals surface area contributed by atoms with E-state index in [1.807, 2.05) is 66.7 Å². The molecule has 0 saturated heterocycles. The molecule has 0 atom stereocenters. The van der Waals surface area contributed by atoms with Gasteiger partial charge in [0.1, 0.15) is 0 Å². The number of benzene rings is 3. The molecule has 0 aliphatic rings. The van der Waals surface area contributed by atoms with Crippen LogP contribution < -0.4 is 15.4 Å². The summed E-state index contributed by atoms with van der Waals surface area (Å²) in [6.45, 7) is 0. The predicted molar refractivity (Wildman–Crippen MR) is 140 cm³/mol. The van der Waals surface area contributed by atoms with Crippen LogP contribution in [0.15, 0.2) is 108 Å². The lowest BCUT2D eigenvalue weighted by atomic mass is 10.1. The Morgan fingerprint density at radius 3 is 2.32 bits per heavy atom. The standard InChI is InChI=1S/C27H20N6S/c28-18-19-4-9-26-25(16-19)27(12-15-30-26)32-20-5-7-22(8-6-20)33-34-24-3-1-2-23(17-24)31-21-10-13-29-14-11-21/h1-17,33H,(H,29,31)(H,30,32). The van der Waals surface area contributed by atoms with E-state index in [1.165, 1.54) is 0 Å². The van der Waals surface area contributed by atoms with Crippen LogP contribution in [0, 0.1) is 11.3 Å². The van der Waals surface area contributed by atoms with Gasteiger partial charge in [-0.05, 0) is 90.8 Å². The lowest BCUT2D eigenvalue weighted by Crippen LogP contribution is -1.94. The topological polar surface area (TPSA) is 85.7 Å². The van der Waals surface area contributed by atoms with Crippen molar-refractivity contribution in [3.63, 3.8) is 0 Å². The molecule has 3 aromatic carbocycles. The normalized spacial score (nSPS) is 10.4. The Bertz CT molecular complexity index is 1460. The van der Waals surface area contributed by atoms with E-state index in [0.29, 0.717) is 5.56 Å². The van der Waals surface area contributed by atoms with E-state index in [0.717, 1.165) is 44.2 Å². The highest BCUT2D eigenvalue weighted by Crippen LogP contribution is 2.29.